The normalized spacial score (nSPS) is 12.2. The summed E-state index contributed by atoms with van der Waals surface area (Å²) in [6, 6.07) is 14.2. The Hall–Kier alpha value is -2.73. The molecule has 6 heteroatoms. The number of aromatic nitrogens is 1. The van der Waals surface area contributed by atoms with Gasteiger partial charge in [0, 0.05) is 5.56 Å². The number of fused-ring (bicyclic) bond motifs is 1. The monoisotopic (exact) mass is 367 g/mol. The Morgan fingerprint density at radius 1 is 1.08 bits per heavy atom. The number of benzene rings is 2. The molecule has 0 unspecified atom stereocenters. The molecule has 2 amide bonds. The zero-order valence-corrected chi connectivity index (χ0v) is 15.8. The lowest BCUT2D eigenvalue weighted by Crippen LogP contribution is -2.47. The van der Waals surface area contributed by atoms with Crippen molar-refractivity contribution in [3.63, 3.8) is 0 Å². The van der Waals surface area contributed by atoms with Crippen molar-refractivity contribution in [3.05, 3.63) is 59.7 Å². The van der Waals surface area contributed by atoms with Crippen molar-refractivity contribution in [2.24, 2.45) is 5.92 Å². The second-order valence-electron chi connectivity index (χ2n) is 6.54. The van der Waals surface area contributed by atoms with E-state index in [1.165, 1.54) is 11.3 Å². The smallest absolute Gasteiger partial charge is 0.251 e. The van der Waals surface area contributed by atoms with Gasteiger partial charge in [-0.2, -0.15) is 0 Å². The molecule has 26 heavy (non-hydrogen) atoms. The van der Waals surface area contributed by atoms with Crippen LogP contribution in [0.5, 0.6) is 0 Å². The molecular formula is C20H21N3O2S. The first-order chi connectivity index (χ1) is 12.4. The van der Waals surface area contributed by atoms with E-state index in [4.69, 9.17) is 0 Å². The van der Waals surface area contributed by atoms with Gasteiger partial charge in [-0.3, -0.25) is 9.59 Å². The van der Waals surface area contributed by atoms with Crippen LogP contribution >= 0.6 is 11.3 Å². The fourth-order valence-electron chi connectivity index (χ4n) is 2.62. The van der Waals surface area contributed by atoms with E-state index in [9.17, 15) is 9.59 Å². The third-order valence-electron chi connectivity index (χ3n) is 4.05. The van der Waals surface area contributed by atoms with Crippen molar-refractivity contribution in [1.29, 1.82) is 0 Å². The Balaban J connectivity index is 1.74. The third kappa shape index (κ3) is 4.08. The van der Waals surface area contributed by atoms with E-state index >= 15 is 0 Å². The topological polar surface area (TPSA) is 71.1 Å². The predicted octanol–water partition coefficient (Wildman–Crippen LogP) is 4.00. The number of carbonyl (C=O) groups excluding carboxylic acids is 2. The Kier molecular flexibility index (Phi) is 5.32. The number of amides is 2. The third-order valence-corrected chi connectivity index (χ3v) is 4.98. The highest BCUT2D eigenvalue weighted by molar-refractivity contribution is 7.22. The summed E-state index contributed by atoms with van der Waals surface area (Å²) in [7, 11) is 0. The minimum atomic E-state index is -0.642. The van der Waals surface area contributed by atoms with E-state index in [1.54, 1.807) is 24.3 Å². The highest BCUT2D eigenvalue weighted by Crippen LogP contribution is 2.27. The number of hydrogen-bond acceptors (Lipinski definition) is 4. The van der Waals surface area contributed by atoms with Crippen LogP contribution in [0.25, 0.3) is 10.2 Å². The first-order valence-electron chi connectivity index (χ1n) is 8.48. The minimum Gasteiger partial charge on any atom is -0.340 e. The highest BCUT2D eigenvalue weighted by Gasteiger charge is 2.25. The van der Waals surface area contributed by atoms with E-state index < -0.39 is 6.04 Å². The van der Waals surface area contributed by atoms with Gasteiger partial charge in [0.1, 0.15) is 6.04 Å². The Morgan fingerprint density at radius 3 is 2.50 bits per heavy atom. The second-order valence-corrected chi connectivity index (χ2v) is 7.57. The van der Waals surface area contributed by atoms with E-state index in [1.807, 2.05) is 45.0 Å². The summed E-state index contributed by atoms with van der Waals surface area (Å²) < 4.78 is 1.02. The Bertz CT molecular complexity index is 935. The molecule has 0 bridgehead atoms. The predicted molar refractivity (Wildman–Crippen MR) is 106 cm³/mol. The molecule has 134 valence electrons. The van der Waals surface area contributed by atoms with Crippen molar-refractivity contribution in [2.75, 3.05) is 5.32 Å². The van der Waals surface area contributed by atoms with Gasteiger partial charge in [-0.15, -0.1) is 0 Å². The molecule has 5 nitrogen and oxygen atoms in total. The van der Waals surface area contributed by atoms with Crippen molar-refractivity contribution >= 4 is 38.5 Å². The fraction of sp³-hybridized carbons (Fsp3) is 0.250. The van der Waals surface area contributed by atoms with Gasteiger partial charge in [0.05, 0.1) is 10.2 Å². The zero-order valence-electron chi connectivity index (χ0n) is 14.9. The van der Waals surface area contributed by atoms with E-state index in [0.29, 0.717) is 10.7 Å². The molecule has 1 heterocycles. The van der Waals surface area contributed by atoms with Crippen molar-refractivity contribution in [2.45, 2.75) is 26.8 Å². The van der Waals surface area contributed by atoms with Crippen LogP contribution in [-0.4, -0.2) is 22.8 Å². The second kappa shape index (κ2) is 7.66. The van der Waals surface area contributed by atoms with Crippen LogP contribution in [0.1, 0.15) is 29.8 Å². The summed E-state index contributed by atoms with van der Waals surface area (Å²) in [6.45, 7) is 5.82. The largest absolute Gasteiger partial charge is 0.340 e. The van der Waals surface area contributed by atoms with Gasteiger partial charge in [0.15, 0.2) is 5.13 Å². The van der Waals surface area contributed by atoms with Crippen LogP contribution in [-0.2, 0) is 4.79 Å². The fourth-order valence-corrected chi connectivity index (χ4v) is 3.58. The molecule has 0 saturated carbocycles. The van der Waals surface area contributed by atoms with Crippen LogP contribution in [0.2, 0.25) is 0 Å². The molecule has 0 fully saturated rings. The molecule has 0 saturated heterocycles. The van der Waals surface area contributed by atoms with Crippen LogP contribution in [0.3, 0.4) is 0 Å². The molecule has 0 spiro atoms. The van der Waals surface area contributed by atoms with Crippen molar-refractivity contribution in [1.82, 2.24) is 10.3 Å². The molecule has 0 radical (unpaired) electrons. The number of carbonyl (C=O) groups is 2. The number of hydrogen-bond donors (Lipinski definition) is 2. The number of nitrogens with zero attached hydrogens (tertiary/aromatic N) is 1. The zero-order chi connectivity index (χ0) is 18.7. The minimum absolute atomic E-state index is 0.0562. The quantitative estimate of drug-likeness (QED) is 0.716. The number of nitrogens with one attached hydrogen (secondary N) is 2. The molecule has 1 aromatic heterocycles. The molecule has 0 aliphatic carbocycles. The average Bonchev–Trinajstić information content (AvgIpc) is 3.01. The average molecular weight is 367 g/mol. The van der Waals surface area contributed by atoms with Gasteiger partial charge in [0.2, 0.25) is 5.91 Å². The molecule has 0 aliphatic heterocycles. The van der Waals surface area contributed by atoms with Crippen molar-refractivity contribution in [3.8, 4) is 0 Å². The van der Waals surface area contributed by atoms with Gasteiger partial charge in [-0.1, -0.05) is 49.4 Å². The standard InChI is InChI=1S/C20H21N3O2S/c1-12(2)17(22-18(24)14-7-5-4-6-8-14)19(25)23-20-21-15-10-9-13(3)11-16(15)26-20/h4-12,17H,1-3H3,(H,22,24)(H,21,23,25)/t17-/m1/s1. The molecule has 2 aromatic carbocycles. The Labute approximate surface area is 156 Å². The van der Waals surface area contributed by atoms with Gasteiger partial charge in [-0.25, -0.2) is 4.98 Å². The molecule has 1 atom stereocenters. The summed E-state index contributed by atoms with van der Waals surface area (Å²) in [6.07, 6.45) is 0. The lowest BCUT2D eigenvalue weighted by molar-refractivity contribution is -0.118. The molecule has 3 rings (SSSR count). The number of thiazole rings is 1. The lowest BCUT2D eigenvalue weighted by Gasteiger charge is -2.21. The first kappa shape index (κ1) is 18.1. The summed E-state index contributed by atoms with van der Waals surface area (Å²) in [5.74, 6) is -0.585. The van der Waals surface area contributed by atoms with Crippen LogP contribution in [0, 0.1) is 12.8 Å². The van der Waals surface area contributed by atoms with Crippen LogP contribution < -0.4 is 10.6 Å². The number of anilines is 1. The Morgan fingerprint density at radius 2 is 1.81 bits per heavy atom. The molecule has 3 aromatic rings. The van der Waals surface area contributed by atoms with E-state index in [2.05, 4.69) is 15.6 Å². The van der Waals surface area contributed by atoms with Gasteiger partial charge >= 0.3 is 0 Å². The summed E-state index contributed by atoms with van der Waals surface area (Å²) >= 11 is 1.43. The molecule has 0 aliphatic rings. The summed E-state index contributed by atoms with van der Waals surface area (Å²) in [4.78, 5) is 29.5. The number of rotatable bonds is 5. The maximum absolute atomic E-state index is 12.7. The summed E-state index contributed by atoms with van der Waals surface area (Å²) in [5, 5.41) is 6.20. The first-order valence-corrected chi connectivity index (χ1v) is 9.29. The van der Waals surface area contributed by atoms with E-state index in [0.717, 1.165) is 15.8 Å². The van der Waals surface area contributed by atoms with Gasteiger partial charge in [-0.05, 0) is 42.7 Å². The summed E-state index contributed by atoms with van der Waals surface area (Å²) in [5.41, 5.74) is 2.53. The van der Waals surface area contributed by atoms with Gasteiger partial charge < -0.3 is 10.6 Å². The maximum Gasteiger partial charge on any atom is 0.251 e. The van der Waals surface area contributed by atoms with E-state index in [-0.39, 0.29) is 17.7 Å². The molecular weight excluding hydrogens is 346 g/mol. The van der Waals surface area contributed by atoms with Gasteiger partial charge in [0.25, 0.3) is 5.91 Å². The van der Waals surface area contributed by atoms with Crippen LogP contribution in [0.15, 0.2) is 48.5 Å². The highest BCUT2D eigenvalue weighted by atomic mass is 32.1. The number of aryl methyl sites for hydroxylation is 1. The lowest BCUT2D eigenvalue weighted by atomic mass is 10.0. The maximum atomic E-state index is 12.7. The van der Waals surface area contributed by atoms with Crippen LogP contribution in [0.4, 0.5) is 5.13 Å². The van der Waals surface area contributed by atoms with Crippen molar-refractivity contribution < 1.29 is 9.59 Å². The molecule has 2 N–H and O–H groups in total. The SMILES string of the molecule is Cc1ccc2nc(NC(=O)[C@H](NC(=O)c3ccccc3)C(C)C)sc2c1.